The van der Waals surface area contributed by atoms with E-state index in [4.69, 9.17) is 19.2 Å². The minimum absolute atomic E-state index is 0. The molecule has 7 atom stereocenters. The molecule has 4 saturated heterocycles. The van der Waals surface area contributed by atoms with Gasteiger partial charge in [-0.25, -0.2) is 16.4 Å². The molecule has 4 aliphatic heterocycles. The van der Waals surface area contributed by atoms with Crippen molar-refractivity contribution < 1.29 is 52.0 Å². The molecule has 5 aliphatic rings. The van der Waals surface area contributed by atoms with Crippen molar-refractivity contribution in [1.29, 1.82) is 0 Å². The molecule has 0 amide bonds. The zero-order valence-electron chi connectivity index (χ0n) is 12.5. The summed E-state index contributed by atoms with van der Waals surface area (Å²) in [5, 5.41) is 0. The molecular formula is C15H23O4Y-. The Morgan fingerprint density at radius 3 is 2.65 bits per heavy atom. The first-order valence-electron chi connectivity index (χ1n) is 7.59. The fourth-order valence-corrected chi connectivity index (χ4v) is 4.73. The van der Waals surface area contributed by atoms with Crippen molar-refractivity contribution in [2.24, 2.45) is 23.7 Å². The Labute approximate surface area is 146 Å². The van der Waals surface area contributed by atoms with E-state index in [1.165, 1.54) is 12.8 Å². The fraction of sp³-hybridized carbons (Fsp3) is 0.933. The molecule has 0 aromatic carbocycles. The normalized spacial score (nSPS) is 57.5. The van der Waals surface area contributed by atoms with Crippen molar-refractivity contribution in [2.75, 3.05) is 0 Å². The summed E-state index contributed by atoms with van der Waals surface area (Å²) >= 11 is 0. The van der Waals surface area contributed by atoms with Crippen LogP contribution in [0.2, 0.25) is 0 Å². The fourth-order valence-electron chi connectivity index (χ4n) is 4.73. The Hall–Kier alpha value is 0.944. The summed E-state index contributed by atoms with van der Waals surface area (Å²) in [6, 6.07) is 0. The van der Waals surface area contributed by atoms with E-state index in [2.05, 4.69) is 13.8 Å². The first kappa shape index (κ1) is 15.8. The van der Waals surface area contributed by atoms with E-state index < -0.39 is 11.4 Å². The third-order valence-corrected chi connectivity index (χ3v) is 5.83. The molecule has 20 heavy (non-hydrogen) atoms. The van der Waals surface area contributed by atoms with E-state index in [0.29, 0.717) is 23.7 Å². The van der Waals surface area contributed by atoms with Crippen molar-refractivity contribution in [1.82, 2.24) is 0 Å². The standard InChI is InChI=1S/C15H23O4.Y/c1-9-4-5-11-10(2)8-16-13-15(11)12(9)6-7-14(3,17-13)18-19-15;/h8-13H,4-7H2,1-3H3;/q-1;/t9-,10+,11+,12+,13-,14+,15?;/m1./s1. The summed E-state index contributed by atoms with van der Waals surface area (Å²) in [4.78, 5) is 11.7. The Morgan fingerprint density at radius 1 is 1.05 bits per heavy atom. The zero-order valence-corrected chi connectivity index (χ0v) is 15.3. The van der Waals surface area contributed by atoms with Gasteiger partial charge in [-0.15, -0.1) is 5.92 Å². The molecule has 2 bridgehead atoms. The number of hydrogen-bond acceptors (Lipinski definition) is 4. The Kier molecular flexibility index (Phi) is 4.15. The van der Waals surface area contributed by atoms with Crippen LogP contribution in [0, 0.1) is 30.3 Å². The van der Waals surface area contributed by atoms with Gasteiger partial charge in [0.05, 0.1) is 0 Å². The van der Waals surface area contributed by atoms with Crippen LogP contribution < -0.4 is 0 Å². The van der Waals surface area contributed by atoms with Crippen LogP contribution in [0.25, 0.3) is 0 Å². The summed E-state index contributed by atoms with van der Waals surface area (Å²) in [7, 11) is 0. The minimum atomic E-state index is -0.647. The molecule has 1 spiro atoms. The number of fused-ring (bicyclic) bond motifs is 2. The van der Waals surface area contributed by atoms with Gasteiger partial charge in [0.25, 0.3) is 0 Å². The maximum atomic E-state index is 6.12. The molecule has 5 rings (SSSR count). The summed E-state index contributed by atoms with van der Waals surface area (Å²) in [6.07, 6.45) is 4.11. The molecule has 0 aromatic heterocycles. The van der Waals surface area contributed by atoms with Gasteiger partial charge >= 0.3 is 0 Å². The van der Waals surface area contributed by atoms with E-state index in [1.54, 1.807) is 0 Å². The van der Waals surface area contributed by atoms with E-state index in [1.807, 2.05) is 13.5 Å². The van der Waals surface area contributed by atoms with Crippen LogP contribution in [0.3, 0.4) is 0 Å². The first-order valence-corrected chi connectivity index (χ1v) is 7.59. The third-order valence-electron chi connectivity index (χ3n) is 5.83. The Balaban J connectivity index is 0.00000121. The van der Waals surface area contributed by atoms with Crippen LogP contribution >= 0.6 is 0 Å². The van der Waals surface area contributed by atoms with Gasteiger partial charge in [-0.1, -0.05) is 20.3 Å². The summed E-state index contributed by atoms with van der Waals surface area (Å²) in [6.45, 7) is 8.45. The predicted octanol–water partition coefficient (Wildman–Crippen LogP) is 3.03. The van der Waals surface area contributed by atoms with Gasteiger partial charge < -0.3 is 9.47 Å². The molecule has 0 aromatic rings. The van der Waals surface area contributed by atoms with Gasteiger partial charge in [0.15, 0.2) is 11.9 Å². The molecule has 1 radical (unpaired) electrons. The first-order chi connectivity index (χ1) is 9.05. The largest absolute Gasteiger partial charge is 0.527 e. The smallest absolute Gasteiger partial charge is 0.201 e. The molecule has 1 saturated carbocycles. The average molecular weight is 356 g/mol. The summed E-state index contributed by atoms with van der Waals surface area (Å²) in [5.74, 6) is 1.29. The van der Waals surface area contributed by atoms with Crippen LogP contribution in [0.4, 0.5) is 0 Å². The molecule has 0 N–H and O–H groups in total. The predicted molar refractivity (Wildman–Crippen MR) is 67.3 cm³/mol. The van der Waals surface area contributed by atoms with E-state index in [-0.39, 0.29) is 39.0 Å². The van der Waals surface area contributed by atoms with Crippen molar-refractivity contribution in [3.63, 3.8) is 0 Å². The van der Waals surface area contributed by atoms with Crippen LogP contribution in [0.5, 0.6) is 0 Å². The molecule has 4 heterocycles. The van der Waals surface area contributed by atoms with Crippen LogP contribution in [0.1, 0.15) is 46.5 Å². The molecule has 5 heteroatoms. The van der Waals surface area contributed by atoms with E-state index in [0.717, 1.165) is 12.8 Å². The van der Waals surface area contributed by atoms with Crippen LogP contribution in [-0.2, 0) is 52.0 Å². The minimum Gasteiger partial charge on any atom is -0.527 e. The molecule has 4 nitrogen and oxygen atoms in total. The van der Waals surface area contributed by atoms with Crippen molar-refractivity contribution in [3.05, 3.63) is 6.61 Å². The Morgan fingerprint density at radius 2 is 1.85 bits per heavy atom. The van der Waals surface area contributed by atoms with Crippen LogP contribution in [0.15, 0.2) is 0 Å². The quantitative estimate of drug-likeness (QED) is 0.494. The second kappa shape index (κ2) is 5.24. The second-order valence-corrected chi connectivity index (χ2v) is 7.04. The molecule has 1 aliphatic carbocycles. The molecule has 1 unspecified atom stereocenters. The number of ether oxygens (including phenoxy) is 2. The van der Waals surface area contributed by atoms with Gasteiger partial charge in [0.2, 0.25) is 5.79 Å². The maximum Gasteiger partial charge on any atom is 0.201 e. The monoisotopic (exact) mass is 356 g/mol. The zero-order chi connectivity index (χ0) is 13.3. The van der Waals surface area contributed by atoms with Gasteiger partial charge in [0.1, 0.15) is 0 Å². The van der Waals surface area contributed by atoms with Crippen LogP contribution in [-0.4, -0.2) is 17.7 Å². The number of rotatable bonds is 0. The van der Waals surface area contributed by atoms with Gasteiger partial charge in [-0.2, -0.15) is 0 Å². The van der Waals surface area contributed by atoms with E-state index >= 15 is 0 Å². The maximum absolute atomic E-state index is 6.12. The van der Waals surface area contributed by atoms with E-state index in [9.17, 15) is 0 Å². The topological polar surface area (TPSA) is 36.9 Å². The van der Waals surface area contributed by atoms with Gasteiger partial charge in [-0.05, 0) is 37.5 Å². The van der Waals surface area contributed by atoms with Gasteiger partial charge in [-0.3, -0.25) is 0 Å². The van der Waals surface area contributed by atoms with Crippen molar-refractivity contribution in [3.8, 4) is 0 Å². The second-order valence-electron chi connectivity index (χ2n) is 7.04. The SMILES string of the molecule is C[C@@H]1CC[C@H]2[C@@H](C)[CH-]O[C@@H]3O[C@]4(C)CC[C@@H]1C32OO4.[Y]. The summed E-state index contributed by atoms with van der Waals surface area (Å²) < 4.78 is 12.0. The van der Waals surface area contributed by atoms with Crippen molar-refractivity contribution >= 4 is 0 Å². The number of hydrogen-bond donors (Lipinski definition) is 0. The molecule has 5 fully saturated rings. The Bertz CT molecular complexity index is 392. The third kappa shape index (κ3) is 2.02. The average Bonchev–Trinajstić information content (AvgIpc) is 2.61. The van der Waals surface area contributed by atoms with Crippen molar-refractivity contribution in [2.45, 2.75) is 64.1 Å². The molecular weight excluding hydrogens is 333 g/mol. The van der Waals surface area contributed by atoms with Gasteiger partial charge in [0, 0.05) is 39.1 Å². The molecule has 111 valence electrons. The summed E-state index contributed by atoms with van der Waals surface area (Å²) in [5.41, 5.74) is -0.401.